The number of rotatable bonds is 4. The maximum Gasteiger partial charge on any atom is 0.307 e. The molecule has 0 aliphatic rings. The Morgan fingerprint density at radius 2 is 2.26 bits per heavy atom. The van der Waals surface area contributed by atoms with Crippen molar-refractivity contribution >= 4 is 28.6 Å². The molecule has 1 aromatic carbocycles. The van der Waals surface area contributed by atoms with Gasteiger partial charge in [-0.25, -0.2) is 4.39 Å². The van der Waals surface area contributed by atoms with Gasteiger partial charge in [0.15, 0.2) is 0 Å². The summed E-state index contributed by atoms with van der Waals surface area (Å²) in [5, 5.41) is 4.08. The molecule has 0 fully saturated rings. The van der Waals surface area contributed by atoms with E-state index in [9.17, 15) is 14.0 Å². The minimum absolute atomic E-state index is 0.0441. The lowest BCUT2D eigenvalue weighted by Crippen LogP contribution is -2.19. The molecule has 3 N–H and O–H groups in total. The van der Waals surface area contributed by atoms with Crippen LogP contribution in [0.15, 0.2) is 34.6 Å². The predicted octanol–water partition coefficient (Wildman–Crippen LogP) is 1.66. The highest BCUT2D eigenvalue weighted by molar-refractivity contribution is 7.07. The molecule has 0 radical (unpaired) electrons. The standard InChI is InChI=1S/C12H12FN3O2S/c13-9-2-1-8(14)7-10(9)15-11(17)3-4-16-5-6-19-12(16)18/h1-2,5-7H,3-4,14H2,(H,15,17). The van der Waals surface area contributed by atoms with E-state index in [0.717, 1.165) is 11.3 Å². The summed E-state index contributed by atoms with van der Waals surface area (Å²) in [6.45, 7) is 0.262. The molecule has 1 amide bonds. The highest BCUT2D eigenvalue weighted by Gasteiger charge is 2.08. The van der Waals surface area contributed by atoms with Gasteiger partial charge < -0.3 is 15.6 Å². The second kappa shape index (κ2) is 5.66. The summed E-state index contributed by atoms with van der Waals surface area (Å²) in [4.78, 5) is 22.8. The Morgan fingerprint density at radius 3 is 2.95 bits per heavy atom. The molecule has 5 nitrogen and oxygen atoms in total. The van der Waals surface area contributed by atoms with Crippen molar-refractivity contribution in [2.75, 3.05) is 11.1 Å². The van der Waals surface area contributed by atoms with Crippen LogP contribution in [-0.4, -0.2) is 10.5 Å². The smallest absolute Gasteiger partial charge is 0.307 e. The van der Waals surface area contributed by atoms with E-state index in [0.29, 0.717) is 5.69 Å². The van der Waals surface area contributed by atoms with Crippen molar-refractivity contribution in [3.05, 3.63) is 45.3 Å². The van der Waals surface area contributed by atoms with E-state index in [-0.39, 0.29) is 29.4 Å². The molecule has 2 rings (SSSR count). The third-order valence-corrected chi connectivity index (χ3v) is 3.18. The second-order valence-corrected chi connectivity index (χ2v) is 4.76. The highest BCUT2D eigenvalue weighted by atomic mass is 32.1. The lowest BCUT2D eigenvalue weighted by Gasteiger charge is -2.07. The molecule has 100 valence electrons. The molecule has 0 spiro atoms. The van der Waals surface area contributed by atoms with E-state index in [1.165, 1.54) is 22.8 Å². The van der Waals surface area contributed by atoms with Gasteiger partial charge in [0, 0.05) is 30.2 Å². The molecule has 0 saturated heterocycles. The Bertz CT molecular complexity index is 650. The Morgan fingerprint density at radius 1 is 1.47 bits per heavy atom. The van der Waals surface area contributed by atoms with Crippen molar-refractivity contribution in [1.82, 2.24) is 4.57 Å². The van der Waals surface area contributed by atoms with E-state index in [1.54, 1.807) is 11.6 Å². The fourth-order valence-corrected chi connectivity index (χ4v) is 2.14. The number of aromatic nitrogens is 1. The number of nitrogens with two attached hydrogens (primary N) is 1. The highest BCUT2D eigenvalue weighted by Crippen LogP contribution is 2.17. The van der Waals surface area contributed by atoms with Crippen LogP contribution in [0.25, 0.3) is 0 Å². The fraction of sp³-hybridized carbons (Fsp3) is 0.167. The molecule has 1 aromatic heterocycles. The molecular formula is C12H12FN3O2S. The number of carbonyl (C=O) groups excluding carboxylic acids is 1. The first kappa shape index (κ1) is 13.3. The number of hydrogen-bond acceptors (Lipinski definition) is 4. The van der Waals surface area contributed by atoms with Crippen LogP contribution in [0.5, 0.6) is 0 Å². The molecule has 0 aliphatic heterocycles. The maximum absolute atomic E-state index is 13.4. The first-order valence-electron chi connectivity index (χ1n) is 5.55. The SMILES string of the molecule is Nc1ccc(F)c(NC(=O)CCn2ccsc2=O)c1. The first-order valence-corrected chi connectivity index (χ1v) is 6.43. The lowest BCUT2D eigenvalue weighted by atomic mass is 10.2. The summed E-state index contributed by atoms with van der Waals surface area (Å²) in [6.07, 6.45) is 1.70. The van der Waals surface area contributed by atoms with Gasteiger partial charge >= 0.3 is 4.87 Å². The van der Waals surface area contributed by atoms with Crippen molar-refractivity contribution < 1.29 is 9.18 Å². The average Bonchev–Trinajstić information content (AvgIpc) is 2.77. The molecule has 7 heteroatoms. The summed E-state index contributed by atoms with van der Waals surface area (Å²) in [6, 6.07) is 3.95. The Balaban J connectivity index is 1.96. The quantitative estimate of drug-likeness (QED) is 0.837. The molecule has 0 aliphatic carbocycles. The van der Waals surface area contributed by atoms with Crippen LogP contribution >= 0.6 is 11.3 Å². The normalized spacial score (nSPS) is 10.4. The average molecular weight is 281 g/mol. The summed E-state index contributed by atoms with van der Waals surface area (Å²) in [7, 11) is 0. The third kappa shape index (κ3) is 3.41. The van der Waals surface area contributed by atoms with Crippen LogP contribution in [0.3, 0.4) is 0 Å². The number of halogens is 1. The van der Waals surface area contributed by atoms with Gasteiger partial charge in [-0.2, -0.15) is 0 Å². The van der Waals surface area contributed by atoms with Crippen LogP contribution in [0.1, 0.15) is 6.42 Å². The summed E-state index contributed by atoms with van der Waals surface area (Å²) in [5.41, 5.74) is 5.92. The first-order chi connectivity index (χ1) is 9.06. The van der Waals surface area contributed by atoms with Crippen molar-refractivity contribution in [3.63, 3.8) is 0 Å². The summed E-state index contributed by atoms with van der Waals surface area (Å²) in [5.74, 6) is -0.919. The number of hydrogen-bond donors (Lipinski definition) is 2. The van der Waals surface area contributed by atoms with E-state index in [4.69, 9.17) is 5.73 Å². The molecule has 0 bridgehead atoms. The lowest BCUT2D eigenvalue weighted by molar-refractivity contribution is -0.116. The molecule has 2 aromatic rings. The molecular weight excluding hydrogens is 269 g/mol. The topological polar surface area (TPSA) is 77.1 Å². The van der Waals surface area contributed by atoms with Gasteiger partial charge in [-0.05, 0) is 18.2 Å². The largest absolute Gasteiger partial charge is 0.399 e. The van der Waals surface area contributed by atoms with Crippen molar-refractivity contribution in [2.45, 2.75) is 13.0 Å². The van der Waals surface area contributed by atoms with Gasteiger partial charge in [0.1, 0.15) is 5.82 Å². The van der Waals surface area contributed by atoms with Gasteiger partial charge in [-0.3, -0.25) is 9.59 Å². The zero-order valence-electron chi connectivity index (χ0n) is 9.93. The zero-order valence-corrected chi connectivity index (χ0v) is 10.7. The number of amides is 1. The van der Waals surface area contributed by atoms with Gasteiger partial charge in [-0.1, -0.05) is 11.3 Å². The van der Waals surface area contributed by atoms with Crippen LogP contribution < -0.4 is 15.9 Å². The van der Waals surface area contributed by atoms with Gasteiger partial charge in [0.05, 0.1) is 5.69 Å². The number of aryl methyl sites for hydroxylation is 1. The summed E-state index contributed by atoms with van der Waals surface area (Å²) < 4.78 is 14.8. The Labute approximate surface area is 112 Å². The van der Waals surface area contributed by atoms with Gasteiger partial charge in [0.2, 0.25) is 5.91 Å². The molecule has 0 unspecified atom stereocenters. The van der Waals surface area contributed by atoms with Crippen LogP contribution in [-0.2, 0) is 11.3 Å². The maximum atomic E-state index is 13.4. The predicted molar refractivity (Wildman–Crippen MR) is 72.6 cm³/mol. The fourth-order valence-electron chi connectivity index (χ4n) is 1.53. The molecule has 0 atom stereocenters. The van der Waals surface area contributed by atoms with Crippen molar-refractivity contribution in [3.8, 4) is 0 Å². The number of thiazole rings is 1. The molecule has 0 saturated carbocycles. The summed E-state index contributed by atoms with van der Waals surface area (Å²) >= 11 is 1.06. The Hall–Kier alpha value is -2.15. The van der Waals surface area contributed by atoms with Crippen LogP contribution in [0.4, 0.5) is 15.8 Å². The number of anilines is 2. The number of nitrogens with zero attached hydrogens (tertiary/aromatic N) is 1. The minimum atomic E-state index is -0.546. The number of carbonyl (C=O) groups is 1. The van der Waals surface area contributed by atoms with E-state index in [1.807, 2.05) is 0 Å². The zero-order chi connectivity index (χ0) is 13.8. The number of nitrogens with one attached hydrogen (secondary N) is 1. The van der Waals surface area contributed by atoms with Crippen LogP contribution in [0, 0.1) is 5.82 Å². The van der Waals surface area contributed by atoms with E-state index >= 15 is 0 Å². The van der Waals surface area contributed by atoms with Crippen molar-refractivity contribution in [1.29, 1.82) is 0 Å². The molecule has 1 heterocycles. The van der Waals surface area contributed by atoms with E-state index < -0.39 is 5.82 Å². The minimum Gasteiger partial charge on any atom is -0.399 e. The van der Waals surface area contributed by atoms with Gasteiger partial charge in [-0.15, -0.1) is 0 Å². The van der Waals surface area contributed by atoms with E-state index in [2.05, 4.69) is 5.32 Å². The number of nitrogen functional groups attached to an aromatic ring is 1. The second-order valence-electron chi connectivity index (χ2n) is 3.90. The van der Waals surface area contributed by atoms with Crippen LogP contribution in [0.2, 0.25) is 0 Å². The van der Waals surface area contributed by atoms with Gasteiger partial charge in [0.25, 0.3) is 0 Å². The number of benzene rings is 1. The monoisotopic (exact) mass is 281 g/mol. The third-order valence-electron chi connectivity index (χ3n) is 2.49. The molecule has 19 heavy (non-hydrogen) atoms. The Kier molecular flexibility index (Phi) is 3.96. The van der Waals surface area contributed by atoms with Crippen molar-refractivity contribution in [2.24, 2.45) is 0 Å².